The highest BCUT2D eigenvalue weighted by molar-refractivity contribution is 7.92. The molecule has 0 saturated carbocycles. The van der Waals surface area contributed by atoms with Crippen LogP contribution in [-0.2, 0) is 16.2 Å². The van der Waals surface area contributed by atoms with Crippen LogP contribution in [0.5, 0.6) is 5.75 Å². The number of hydrogen-bond acceptors (Lipinski definition) is 3. The van der Waals surface area contributed by atoms with Crippen LogP contribution in [0.25, 0.3) is 11.1 Å². The third-order valence-electron chi connectivity index (χ3n) is 4.78. The summed E-state index contributed by atoms with van der Waals surface area (Å²) in [5, 5.41) is -0.0973. The Balaban J connectivity index is 1.79. The highest BCUT2D eigenvalue weighted by Gasteiger charge is 2.34. The first-order valence-corrected chi connectivity index (χ1v) is 10.8. The van der Waals surface area contributed by atoms with Gasteiger partial charge in [0.1, 0.15) is 18.2 Å². The molecule has 0 amide bonds. The van der Waals surface area contributed by atoms with Crippen LogP contribution in [0.15, 0.2) is 65.6 Å². The van der Waals surface area contributed by atoms with Crippen LogP contribution < -0.4 is 9.04 Å². The van der Waals surface area contributed by atoms with Gasteiger partial charge in [-0.1, -0.05) is 29.8 Å². The quantitative estimate of drug-likeness (QED) is 0.457. The second-order valence-corrected chi connectivity index (χ2v) is 9.03. The molecule has 3 aromatic carbocycles. The van der Waals surface area contributed by atoms with Crippen LogP contribution in [-0.4, -0.2) is 21.6 Å². The van der Waals surface area contributed by atoms with Gasteiger partial charge < -0.3 is 4.74 Å². The second kappa shape index (κ2) is 7.72. The number of alkyl halides is 3. The van der Waals surface area contributed by atoms with Crippen molar-refractivity contribution >= 4 is 27.3 Å². The van der Waals surface area contributed by atoms with Gasteiger partial charge in [-0.3, -0.25) is 4.31 Å². The van der Waals surface area contributed by atoms with Crippen LogP contribution in [0.3, 0.4) is 0 Å². The van der Waals surface area contributed by atoms with Crippen LogP contribution in [0, 0.1) is 5.82 Å². The zero-order chi connectivity index (χ0) is 22.4. The average molecular weight is 472 g/mol. The van der Waals surface area contributed by atoms with E-state index in [4.69, 9.17) is 16.3 Å². The van der Waals surface area contributed by atoms with Gasteiger partial charge in [0, 0.05) is 0 Å². The molecule has 0 aliphatic carbocycles. The van der Waals surface area contributed by atoms with Gasteiger partial charge in [0.2, 0.25) is 0 Å². The van der Waals surface area contributed by atoms with Gasteiger partial charge in [0.25, 0.3) is 10.0 Å². The van der Waals surface area contributed by atoms with Crippen molar-refractivity contribution in [3.05, 3.63) is 77.1 Å². The van der Waals surface area contributed by atoms with Crippen molar-refractivity contribution in [2.75, 3.05) is 17.5 Å². The normalized spacial score (nSPS) is 14.2. The van der Waals surface area contributed by atoms with Gasteiger partial charge in [-0.15, -0.1) is 0 Å². The molecular formula is C21H14ClF4NO3S. The predicted molar refractivity (Wildman–Crippen MR) is 108 cm³/mol. The number of sulfonamides is 1. The lowest BCUT2D eigenvalue weighted by atomic mass is 10.0. The molecule has 0 spiro atoms. The minimum atomic E-state index is -4.68. The van der Waals surface area contributed by atoms with E-state index in [1.54, 1.807) is 12.1 Å². The molecule has 0 unspecified atom stereocenters. The van der Waals surface area contributed by atoms with E-state index in [1.807, 2.05) is 0 Å². The van der Waals surface area contributed by atoms with E-state index in [-0.39, 0.29) is 29.6 Å². The van der Waals surface area contributed by atoms with E-state index in [0.29, 0.717) is 17.2 Å². The number of anilines is 1. The third-order valence-corrected chi connectivity index (χ3v) is 6.88. The van der Waals surface area contributed by atoms with Crippen LogP contribution >= 0.6 is 11.6 Å². The first kappa shape index (κ1) is 21.5. The molecule has 1 aliphatic rings. The highest BCUT2D eigenvalue weighted by Crippen LogP contribution is 2.39. The van der Waals surface area contributed by atoms with E-state index < -0.39 is 32.5 Å². The lowest BCUT2D eigenvalue weighted by Crippen LogP contribution is -2.38. The summed E-state index contributed by atoms with van der Waals surface area (Å²) < 4.78 is 85.7. The summed E-state index contributed by atoms with van der Waals surface area (Å²) in [7, 11) is -4.30. The third kappa shape index (κ3) is 4.07. The molecule has 0 atom stereocenters. The second-order valence-electron chi connectivity index (χ2n) is 6.76. The summed E-state index contributed by atoms with van der Waals surface area (Å²) in [4.78, 5) is -0.481. The van der Waals surface area contributed by atoms with Crippen molar-refractivity contribution < 1.29 is 30.7 Å². The molecule has 0 radical (unpaired) electrons. The minimum Gasteiger partial charge on any atom is -0.489 e. The number of halogens is 5. The lowest BCUT2D eigenvalue weighted by Gasteiger charge is -2.31. The molecule has 0 saturated heterocycles. The van der Waals surface area contributed by atoms with E-state index in [9.17, 15) is 26.0 Å². The molecule has 31 heavy (non-hydrogen) atoms. The lowest BCUT2D eigenvalue weighted by molar-refractivity contribution is -0.137. The Kier molecular flexibility index (Phi) is 5.35. The summed E-state index contributed by atoms with van der Waals surface area (Å²) in [6.45, 7) is -0.0495. The molecule has 0 aromatic heterocycles. The fraction of sp³-hybridized carbons (Fsp3) is 0.143. The van der Waals surface area contributed by atoms with Crippen molar-refractivity contribution in [1.82, 2.24) is 0 Å². The van der Waals surface area contributed by atoms with E-state index in [1.165, 1.54) is 24.3 Å². The summed E-state index contributed by atoms with van der Waals surface area (Å²) in [5.74, 6) is -0.334. The Morgan fingerprint density at radius 3 is 2.39 bits per heavy atom. The van der Waals surface area contributed by atoms with Gasteiger partial charge >= 0.3 is 6.18 Å². The van der Waals surface area contributed by atoms with Gasteiger partial charge in [0.15, 0.2) is 0 Å². The fourth-order valence-corrected chi connectivity index (χ4v) is 4.94. The summed E-state index contributed by atoms with van der Waals surface area (Å²) >= 11 is 5.84. The number of nitrogens with zero attached hydrogens (tertiary/aromatic N) is 1. The molecule has 0 N–H and O–H groups in total. The number of hydrogen-bond donors (Lipinski definition) is 0. The Labute approximate surface area is 180 Å². The first-order chi connectivity index (χ1) is 14.6. The Bertz CT molecular complexity index is 1260. The van der Waals surface area contributed by atoms with Gasteiger partial charge in [-0.05, 0) is 53.6 Å². The maximum atomic E-state index is 13.5. The molecule has 0 fully saturated rings. The monoisotopic (exact) mass is 471 g/mol. The standard InChI is InChI=1S/C21H14ClF4NO3S/c22-17-10-13(4-6-18(17)23)14-5-7-20-19(11-14)27(8-9-30-20)31(28,29)16-3-1-2-15(12-16)21(24,25)26/h1-7,10-12H,8-9H2. The Morgan fingerprint density at radius 2 is 1.68 bits per heavy atom. The molecule has 4 nitrogen and oxygen atoms in total. The smallest absolute Gasteiger partial charge is 0.416 e. The summed E-state index contributed by atoms with van der Waals surface area (Å²) in [6, 6.07) is 12.4. The van der Waals surface area contributed by atoms with Crippen molar-refractivity contribution in [3.63, 3.8) is 0 Å². The molecule has 10 heteroatoms. The van der Waals surface area contributed by atoms with E-state index in [0.717, 1.165) is 22.5 Å². The van der Waals surface area contributed by atoms with Gasteiger partial charge in [-0.25, -0.2) is 12.8 Å². The Hall–Kier alpha value is -2.78. The number of ether oxygens (including phenoxy) is 1. The topological polar surface area (TPSA) is 46.6 Å². The summed E-state index contributed by atoms with van der Waals surface area (Å²) in [6.07, 6.45) is -4.68. The number of benzene rings is 3. The first-order valence-electron chi connectivity index (χ1n) is 9.00. The molecule has 4 rings (SSSR count). The highest BCUT2D eigenvalue weighted by atomic mass is 35.5. The average Bonchev–Trinajstić information content (AvgIpc) is 2.74. The van der Waals surface area contributed by atoms with E-state index >= 15 is 0 Å². The molecule has 3 aromatic rings. The number of fused-ring (bicyclic) bond motifs is 1. The molecule has 0 bridgehead atoms. The minimum absolute atomic E-state index is 0.0346. The number of rotatable bonds is 3. The SMILES string of the molecule is O=S(=O)(c1cccc(C(F)(F)F)c1)N1CCOc2ccc(-c3ccc(F)c(Cl)c3)cc21. The molecule has 162 valence electrons. The van der Waals surface area contributed by atoms with Gasteiger partial charge in [0.05, 0.1) is 27.7 Å². The summed E-state index contributed by atoms with van der Waals surface area (Å²) in [5.41, 5.74) is 0.185. The maximum absolute atomic E-state index is 13.5. The molecule has 1 heterocycles. The fourth-order valence-electron chi connectivity index (χ4n) is 3.26. The van der Waals surface area contributed by atoms with Crippen LogP contribution in [0.1, 0.15) is 5.56 Å². The van der Waals surface area contributed by atoms with Crippen LogP contribution in [0.4, 0.5) is 23.2 Å². The maximum Gasteiger partial charge on any atom is 0.416 e. The molecular weight excluding hydrogens is 458 g/mol. The molecule has 1 aliphatic heterocycles. The van der Waals surface area contributed by atoms with Crippen molar-refractivity contribution in [2.24, 2.45) is 0 Å². The van der Waals surface area contributed by atoms with E-state index in [2.05, 4.69) is 0 Å². The zero-order valence-electron chi connectivity index (χ0n) is 15.7. The predicted octanol–water partition coefficient (Wildman–Crippen LogP) is 5.75. The zero-order valence-corrected chi connectivity index (χ0v) is 17.2. The van der Waals surface area contributed by atoms with Gasteiger partial charge in [-0.2, -0.15) is 13.2 Å². The Morgan fingerprint density at radius 1 is 0.968 bits per heavy atom. The van der Waals surface area contributed by atoms with Crippen molar-refractivity contribution in [1.29, 1.82) is 0 Å². The van der Waals surface area contributed by atoms with Crippen molar-refractivity contribution in [3.8, 4) is 16.9 Å². The largest absolute Gasteiger partial charge is 0.489 e. The van der Waals surface area contributed by atoms with Crippen LogP contribution in [0.2, 0.25) is 5.02 Å². The van der Waals surface area contributed by atoms with Crippen molar-refractivity contribution in [2.45, 2.75) is 11.1 Å².